The van der Waals surface area contributed by atoms with E-state index in [0.717, 1.165) is 25.2 Å². The van der Waals surface area contributed by atoms with E-state index in [0.29, 0.717) is 11.4 Å². The number of likely N-dealkylation sites (N-methyl/N-ethyl adjacent to an activating group) is 1. The summed E-state index contributed by atoms with van der Waals surface area (Å²) in [6.45, 7) is 3.14. The van der Waals surface area contributed by atoms with Crippen LogP contribution in [0.5, 0.6) is 0 Å². The molecule has 138 valence electrons. The topological polar surface area (TPSA) is 23.6 Å². The quantitative estimate of drug-likeness (QED) is 0.743. The van der Waals surface area contributed by atoms with Crippen molar-refractivity contribution in [1.82, 2.24) is 9.80 Å². The molecule has 0 radical (unpaired) electrons. The van der Waals surface area contributed by atoms with E-state index in [1.807, 2.05) is 54.4 Å². The molecule has 0 spiro atoms. The van der Waals surface area contributed by atoms with Crippen LogP contribution in [-0.2, 0) is 11.2 Å². The first-order chi connectivity index (χ1) is 12.6. The first-order valence-electron chi connectivity index (χ1n) is 9.41. The molecule has 0 aliphatic carbocycles. The third-order valence-corrected chi connectivity index (χ3v) is 5.40. The Bertz CT molecular complexity index is 713. The van der Waals surface area contributed by atoms with Crippen LogP contribution in [0.1, 0.15) is 36.4 Å². The maximum absolute atomic E-state index is 12.9. The summed E-state index contributed by atoms with van der Waals surface area (Å²) in [4.78, 5) is 17.3. The van der Waals surface area contributed by atoms with Crippen LogP contribution < -0.4 is 0 Å². The summed E-state index contributed by atoms with van der Waals surface area (Å²) >= 11 is 6.06. The molecule has 1 amide bonds. The number of nitrogens with zero attached hydrogens (tertiary/aromatic N) is 2. The Morgan fingerprint density at radius 2 is 1.81 bits per heavy atom. The first kappa shape index (κ1) is 18.9. The highest BCUT2D eigenvalue weighted by atomic mass is 35.5. The molecule has 2 aromatic rings. The molecule has 0 N–H and O–H groups in total. The molecule has 3 nitrogen and oxygen atoms in total. The van der Waals surface area contributed by atoms with Crippen molar-refractivity contribution in [3.05, 3.63) is 70.7 Å². The molecule has 0 aromatic heterocycles. The van der Waals surface area contributed by atoms with E-state index in [1.54, 1.807) is 0 Å². The highest BCUT2D eigenvalue weighted by Crippen LogP contribution is 2.24. The largest absolute Gasteiger partial charge is 0.337 e. The van der Waals surface area contributed by atoms with Gasteiger partial charge in [0.15, 0.2) is 0 Å². The molecule has 0 bridgehead atoms. The lowest BCUT2D eigenvalue weighted by atomic mass is 10.0. The zero-order chi connectivity index (χ0) is 18.4. The van der Waals surface area contributed by atoms with Crippen molar-refractivity contribution in [2.24, 2.45) is 0 Å². The summed E-state index contributed by atoms with van der Waals surface area (Å²) in [6.07, 6.45) is 4.19. The number of amides is 1. The van der Waals surface area contributed by atoms with Crippen LogP contribution in [0, 0.1) is 0 Å². The third-order valence-electron chi connectivity index (χ3n) is 5.17. The molecule has 1 saturated heterocycles. The number of carbonyl (C=O) groups is 1. The predicted molar refractivity (Wildman–Crippen MR) is 107 cm³/mol. The van der Waals surface area contributed by atoms with E-state index >= 15 is 0 Å². The van der Waals surface area contributed by atoms with Crippen LogP contribution in [0.3, 0.4) is 0 Å². The van der Waals surface area contributed by atoms with Gasteiger partial charge >= 0.3 is 0 Å². The molecule has 1 heterocycles. The van der Waals surface area contributed by atoms with Crippen LogP contribution in [0.4, 0.5) is 0 Å². The highest BCUT2D eigenvalue weighted by molar-refractivity contribution is 6.30. The number of carbonyl (C=O) groups excluding carboxylic acids is 1. The summed E-state index contributed by atoms with van der Waals surface area (Å²) in [5.74, 6) is 0.123. The maximum Gasteiger partial charge on any atom is 0.227 e. The second-order valence-corrected chi connectivity index (χ2v) is 7.54. The van der Waals surface area contributed by atoms with Gasteiger partial charge in [-0.3, -0.25) is 4.79 Å². The van der Waals surface area contributed by atoms with Crippen LogP contribution >= 0.6 is 11.6 Å². The Balaban J connectivity index is 1.74. The molecule has 1 aliphatic rings. The van der Waals surface area contributed by atoms with E-state index in [-0.39, 0.29) is 11.9 Å². The van der Waals surface area contributed by atoms with Gasteiger partial charge in [0.05, 0.1) is 12.5 Å². The van der Waals surface area contributed by atoms with Gasteiger partial charge in [-0.25, -0.2) is 0 Å². The number of halogens is 1. The summed E-state index contributed by atoms with van der Waals surface area (Å²) in [5.41, 5.74) is 2.15. The zero-order valence-corrected chi connectivity index (χ0v) is 16.2. The van der Waals surface area contributed by atoms with E-state index < -0.39 is 0 Å². The summed E-state index contributed by atoms with van der Waals surface area (Å²) < 4.78 is 0. The minimum Gasteiger partial charge on any atom is -0.337 e. The number of hydrogen-bond acceptors (Lipinski definition) is 2. The van der Waals surface area contributed by atoms with Crippen molar-refractivity contribution in [2.75, 3.05) is 26.7 Å². The van der Waals surface area contributed by atoms with E-state index in [2.05, 4.69) is 17.0 Å². The number of piperidine rings is 1. The lowest BCUT2D eigenvalue weighted by Crippen LogP contribution is -2.41. The molecular formula is C22H27ClN2O. The molecule has 3 rings (SSSR count). The van der Waals surface area contributed by atoms with E-state index in [1.165, 1.54) is 24.8 Å². The predicted octanol–water partition coefficient (Wildman–Crippen LogP) is 4.57. The second kappa shape index (κ2) is 9.20. The summed E-state index contributed by atoms with van der Waals surface area (Å²) in [7, 11) is 1.93. The van der Waals surface area contributed by atoms with E-state index in [9.17, 15) is 4.79 Å². The first-order valence-corrected chi connectivity index (χ1v) is 9.78. The van der Waals surface area contributed by atoms with Crippen molar-refractivity contribution in [1.29, 1.82) is 0 Å². The Labute approximate surface area is 161 Å². The van der Waals surface area contributed by atoms with Crippen LogP contribution in [0.2, 0.25) is 5.02 Å². The Morgan fingerprint density at radius 1 is 1.08 bits per heavy atom. The van der Waals surface area contributed by atoms with Crippen molar-refractivity contribution < 1.29 is 4.79 Å². The van der Waals surface area contributed by atoms with Gasteiger partial charge in [0.1, 0.15) is 0 Å². The normalized spacial score (nSPS) is 16.2. The smallest absolute Gasteiger partial charge is 0.227 e. The molecule has 0 saturated carbocycles. The lowest BCUT2D eigenvalue weighted by molar-refractivity contribution is -0.131. The molecule has 4 heteroatoms. The molecule has 1 atom stereocenters. The highest BCUT2D eigenvalue weighted by Gasteiger charge is 2.25. The molecule has 2 aromatic carbocycles. The van der Waals surface area contributed by atoms with Crippen molar-refractivity contribution >= 4 is 17.5 Å². The maximum atomic E-state index is 12.9. The minimum absolute atomic E-state index is 0.0704. The van der Waals surface area contributed by atoms with Gasteiger partial charge in [-0.15, -0.1) is 0 Å². The average molecular weight is 371 g/mol. The minimum atomic E-state index is 0.0704. The Kier molecular flexibility index (Phi) is 6.70. The number of hydrogen-bond donors (Lipinski definition) is 0. The summed E-state index contributed by atoms with van der Waals surface area (Å²) in [6, 6.07) is 18.0. The SMILES string of the molecule is CN(C(=O)Cc1cccc(Cl)c1)[C@@H](CN1CCCCC1)c1ccccc1. The third kappa shape index (κ3) is 5.09. The van der Waals surface area contributed by atoms with E-state index in [4.69, 9.17) is 11.6 Å². The standard InChI is InChI=1S/C22H27ClN2O/c1-24(22(26)16-18-9-8-12-20(23)15-18)21(19-10-4-2-5-11-19)17-25-13-6-3-7-14-25/h2,4-5,8-12,15,21H,3,6-7,13-14,16-17H2,1H3/t21-/m0/s1. The zero-order valence-electron chi connectivity index (χ0n) is 15.4. The fourth-order valence-electron chi connectivity index (χ4n) is 3.63. The molecule has 0 unspecified atom stereocenters. The molecule has 1 fully saturated rings. The fourth-order valence-corrected chi connectivity index (χ4v) is 3.85. The second-order valence-electron chi connectivity index (χ2n) is 7.10. The van der Waals surface area contributed by atoms with Crippen molar-refractivity contribution in [3.63, 3.8) is 0 Å². The lowest BCUT2D eigenvalue weighted by Gasteiger charge is -2.35. The van der Waals surface area contributed by atoms with Gasteiger partial charge in [0, 0.05) is 18.6 Å². The van der Waals surface area contributed by atoms with Gasteiger partial charge < -0.3 is 9.80 Å². The van der Waals surface area contributed by atoms with Gasteiger partial charge in [0.2, 0.25) is 5.91 Å². The fraction of sp³-hybridized carbons (Fsp3) is 0.409. The molecular weight excluding hydrogens is 344 g/mol. The van der Waals surface area contributed by atoms with Crippen LogP contribution in [0.15, 0.2) is 54.6 Å². The van der Waals surface area contributed by atoms with Gasteiger partial charge in [-0.05, 0) is 49.2 Å². The molecule has 1 aliphatic heterocycles. The van der Waals surface area contributed by atoms with Gasteiger partial charge in [-0.2, -0.15) is 0 Å². The summed E-state index contributed by atoms with van der Waals surface area (Å²) in [5, 5.41) is 0.672. The number of rotatable bonds is 6. The average Bonchev–Trinajstić information content (AvgIpc) is 2.67. The van der Waals surface area contributed by atoms with Crippen LogP contribution in [-0.4, -0.2) is 42.4 Å². The van der Waals surface area contributed by atoms with Gasteiger partial charge in [-0.1, -0.05) is 60.5 Å². The Morgan fingerprint density at radius 3 is 2.50 bits per heavy atom. The van der Waals surface area contributed by atoms with Crippen molar-refractivity contribution in [2.45, 2.75) is 31.7 Å². The number of likely N-dealkylation sites (tertiary alicyclic amines) is 1. The molecule has 26 heavy (non-hydrogen) atoms. The van der Waals surface area contributed by atoms with Gasteiger partial charge in [0.25, 0.3) is 0 Å². The Hall–Kier alpha value is -1.84. The van der Waals surface area contributed by atoms with Crippen LogP contribution in [0.25, 0.3) is 0 Å². The monoisotopic (exact) mass is 370 g/mol. The van der Waals surface area contributed by atoms with Crippen molar-refractivity contribution in [3.8, 4) is 0 Å². The number of benzene rings is 2.